The predicted octanol–water partition coefficient (Wildman–Crippen LogP) is 3.86. The van der Waals surface area contributed by atoms with Gasteiger partial charge in [0.25, 0.3) is 0 Å². The topological polar surface area (TPSA) is 44.5 Å². The number of hydrogen-bond acceptors (Lipinski definition) is 3. The maximum Gasteiger partial charge on any atom is 0.178 e. The number of para-hydroxylation sites is 1. The summed E-state index contributed by atoms with van der Waals surface area (Å²) in [5.74, 6) is 0. The zero-order valence-electron chi connectivity index (χ0n) is 10.8. The minimum atomic E-state index is 0.329. The molecular formula is C14H15N3S2. The van der Waals surface area contributed by atoms with Crippen molar-refractivity contribution < 1.29 is 0 Å². The maximum atomic E-state index is 9.15. The van der Waals surface area contributed by atoms with Gasteiger partial charge in [-0.1, -0.05) is 12.5 Å². The van der Waals surface area contributed by atoms with Gasteiger partial charge < -0.3 is 9.55 Å². The number of benzene rings is 1. The van der Waals surface area contributed by atoms with Crippen LogP contribution in [0.25, 0.3) is 11.0 Å². The Kier molecular flexibility index (Phi) is 3.15. The molecule has 1 N–H and O–H groups in total. The van der Waals surface area contributed by atoms with Crippen LogP contribution in [0.2, 0.25) is 0 Å². The van der Waals surface area contributed by atoms with E-state index in [4.69, 9.17) is 17.5 Å². The Morgan fingerprint density at radius 1 is 1.53 bits per heavy atom. The first-order valence-corrected chi connectivity index (χ1v) is 7.99. The molecule has 1 saturated carbocycles. The summed E-state index contributed by atoms with van der Waals surface area (Å²) in [6, 6.07) is 8.00. The van der Waals surface area contributed by atoms with E-state index in [1.54, 1.807) is 0 Å². The summed E-state index contributed by atoms with van der Waals surface area (Å²) in [5, 5.41) is 9.15. The smallest absolute Gasteiger partial charge is 0.178 e. The van der Waals surface area contributed by atoms with Crippen molar-refractivity contribution in [1.29, 1.82) is 5.26 Å². The van der Waals surface area contributed by atoms with Gasteiger partial charge >= 0.3 is 0 Å². The first kappa shape index (κ1) is 12.8. The average molecular weight is 289 g/mol. The van der Waals surface area contributed by atoms with Crippen LogP contribution in [-0.2, 0) is 6.54 Å². The summed E-state index contributed by atoms with van der Waals surface area (Å²) in [7, 11) is 0. The SMILES string of the molecule is CSC1(Cn2c(=S)[nH]c3c(C#N)cccc32)CCC1. The van der Waals surface area contributed by atoms with Crippen LogP contribution in [-0.4, -0.2) is 20.6 Å². The van der Waals surface area contributed by atoms with Gasteiger partial charge in [-0.25, -0.2) is 0 Å². The molecule has 1 aromatic heterocycles. The lowest BCUT2D eigenvalue weighted by Gasteiger charge is -2.40. The molecule has 5 heteroatoms. The molecule has 2 aromatic rings. The molecule has 1 fully saturated rings. The summed E-state index contributed by atoms with van der Waals surface area (Å²) in [6.07, 6.45) is 5.99. The molecular weight excluding hydrogens is 274 g/mol. The molecule has 0 bridgehead atoms. The first-order chi connectivity index (χ1) is 9.19. The molecule has 98 valence electrons. The second kappa shape index (κ2) is 4.69. The Morgan fingerprint density at radius 2 is 2.32 bits per heavy atom. The minimum absolute atomic E-state index is 0.329. The number of nitriles is 1. The number of imidazole rings is 1. The van der Waals surface area contributed by atoms with E-state index in [1.807, 2.05) is 30.0 Å². The number of hydrogen-bond donors (Lipinski definition) is 1. The highest BCUT2D eigenvalue weighted by Gasteiger charge is 2.37. The van der Waals surface area contributed by atoms with E-state index in [0.29, 0.717) is 10.3 Å². The highest BCUT2D eigenvalue weighted by molar-refractivity contribution is 8.00. The van der Waals surface area contributed by atoms with Crippen LogP contribution in [0, 0.1) is 16.1 Å². The highest BCUT2D eigenvalue weighted by Crippen LogP contribution is 2.44. The Hall–Kier alpha value is -1.25. The summed E-state index contributed by atoms with van der Waals surface area (Å²) in [6.45, 7) is 0.932. The quantitative estimate of drug-likeness (QED) is 0.873. The van der Waals surface area contributed by atoms with E-state index in [-0.39, 0.29) is 0 Å². The minimum Gasteiger partial charge on any atom is -0.329 e. The van der Waals surface area contributed by atoms with Crippen molar-refractivity contribution in [1.82, 2.24) is 9.55 Å². The first-order valence-electron chi connectivity index (χ1n) is 6.36. The predicted molar refractivity (Wildman–Crippen MR) is 81.9 cm³/mol. The van der Waals surface area contributed by atoms with Gasteiger partial charge in [-0.2, -0.15) is 17.0 Å². The molecule has 1 heterocycles. The van der Waals surface area contributed by atoms with Gasteiger partial charge in [0, 0.05) is 11.3 Å². The van der Waals surface area contributed by atoms with Crippen molar-refractivity contribution in [3.05, 3.63) is 28.5 Å². The molecule has 0 amide bonds. The van der Waals surface area contributed by atoms with Crippen LogP contribution in [0.15, 0.2) is 18.2 Å². The van der Waals surface area contributed by atoms with Crippen molar-refractivity contribution in [2.75, 3.05) is 6.26 Å². The van der Waals surface area contributed by atoms with Crippen LogP contribution >= 0.6 is 24.0 Å². The summed E-state index contributed by atoms with van der Waals surface area (Å²) in [5.41, 5.74) is 2.57. The molecule has 1 aromatic carbocycles. The molecule has 0 spiro atoms. The molecule has 3 rings (SSSR count). The van der Waals surface area contributed by atoms with E-state index >= 15 is 0 Å². The Bertz CT molecular complexity index is 711. The molecule has 0 radical (unpaired) electrons. The summed E-state index contributed by atoms with van der Waals surface area (Å²) >= 11 is 7.38. The van der Waals surface area contributed by atoms with Crippen molar-refractivity contribution >= 4 is 35.0 Å². The van der Waals surface area contributed by atoms with Gasteiger partial charge in [0.15, 0.2) is 4.77 Å². The normalized spacial score (nSPS) is 17.1. The maximum absolute atomic E-state index is 9.15. The van der Waals surface area contributed by atoms with E-state index < -0.39 is 0 Å². The zero-order valence-corrected chi connectivity index (χ0v) is 12.4. The number of aromatic nitrogens is 2. The van der Waals surface area contributed by atoms with E-state index in [0.717, 1.165) is 22.3 Å². The molecule has 1 aliphatic rings. The van der Waals surface area contributed by atoms with Crippen molar-refractivity contribution in [3.63, 3.8) is 0 Å². The standard InChI is InChI=1S/C14H15N3S2/c1-19-14(6-3-7-14)9-17-11-5-2-4-10(8-15)12(11)16-13(17)18/h2,4-5H,3,6-7,9H2,1H3,(H,16,18). The van der Waals surface area contributed by atoms with Crippen molar-refractivity contribution in [2.24, 2.45) is 0 Å². The number of nitrogens with one attached hydrogen (secondary N) is 1. The van der Waals surface area contributed by atoms with Crippen LogP contribution < -0.4 is 0 Å². The van der Waals surface area contributed by atoms with Crippen molar-refractivity contribution in [2.45, 2.75) is 30.6 Å². The third kappa shape index (κ3) is 1.99. The zero-order chi connectivity index (χ0) is 13.5. The number of thioether (sulfide) groups is 1. The molecule has 0 aliphatic heterocycles. The summed E-state index contributed by atoms with van der Waals surface area (Å²) < 4.78 is 3.20. The number of fused-ring (bicyclic) bond motifs is 1. The van der Waals surface area contributed by atoms with Crippen molar-refractivity contribution in [3.8, 4) is 6.07 Å². The molecule has 0 atom stereocenters. The van der Waals surface area contributed by atoms with Gasteiger partial charge in [-0.3, -0.25) is 0 Å². The Balaban J connectivity index is 2.12. The largest absolute Gasteiger partial charge is 0.329 e. The lowest BCUT2D eigenvalue weighted by Crippen LogP contribution is -2.37. The lowest BCUT2D eigenvalue weighted by atomic mass is 9.84. The number of rotatable bonds is 3. The Labute approximate surface area is 121 Å². The molecule has 1 aliphatic carbocycles. The highest BCUT2D eigenvalue weighted by atomic mass is 32.2. The van der Waals surface area contributed by atoms with Gasteiger partial charge in [0.1, 0.15) is 6.07 Å². The van der Waals surface area contributed by atoms with Gasteiger partial charge in [-0.15, -0.1) is 0 Å². The van der Waals surface area contributed by atoms with Gasteiger partial charge in [-0.05, 0) is 43.4 Å². The third-order valence-corrected chi connectivity index (χ3v) is 5.80. The molecule has 0 unspecified atom stereocenters. The summed E-state index contributed by atoms with van der Waals surface area (Å²) in [4.78, 5) is 3.19. The van der Waals surface area contributed by atoms with Crippen LogP contribution in [0.5, 0.6) is 0 Å². The fraction of sp³-hybridized carbons (Fsp3) is 0.429. The molecule has 3 nitrogen and oxygen atoms in total. The third-order valence-electron chi connectivity index (χ3n) is 4.07. The van der Waals surface area contributed by atoms with Crippen LogP contribution in [0.1, 0.15) is 24.8 Å². The van der Waals surface area contributed by atoms with Gasteiger partial charge in [0.2, 0.25) is 0 Å². The van der Waals surface area contributed by atoms with E-state index in [9.17, 15) is 0 Å². The van der Waals surface area contributed by atoms with Crippen LogP contribution in [0.3, 0.4) is 0 Å². The van der Waals surface area contributed by atoms with Gasteiger partial charge in [0.05, 0.1) is 16.6 Å². The molecule has 19 heavy (non-hydrogen) atoms. The van der Waals surface area contributed by atoms with E-state index in [2.05, 4.69) is 21.9 Å². The lowest BCUT2D eigenvalue weighted by molar-refractivity contribution is 0.323. The number of aromatic amines is 1. The fourth-order valence-electron chi connectivity index (χ4n) is 2.72. The second-order valence-corrected chi connectivity index (χ2v) is 6.73. The fourth-order valence-corrected chi connectivity index (χ4v) is 3.94. The molecule has 0 saturated heterocycles. The van der Waals surface area contributed by atoms with Crippen LogP contribution in [0.4, 0.5) is 0 Å². The monoisotopic (exact) mass is 289 g/mol. The second-order valence-electron chi connectivity index (χ2n) is 5.07. The number of H-pyrrole nitrogens is 1. The van der Waals surface area contributed by atoms with E-state index in [1.165, 1.54) is 19.3 Å². The Morgan fingerprint density at radius 3 is 2.89 bits per heavy atom. The number of nitrogens with zero attached hydrogens (tertiary/aromatic N) is 2. The average Bonchev–Trinajstić information content (AvgIpc) is 2.69.